The Balaban J connectivity index is 1.38. The minimum Gasteiger partial charge on any atom is -0.342 e. The van der Waals surface area contributed by atoms with Crippen LogP contribution in [0, 0.1) is 6.92 Å². The standard InChI is InChI=1S/C20H30N4O2/c1-17-6-5-7-18(14-17)21-19(25)15-22-10-12-23(13-11-22)16-20(26)24-8-3-2-4-9-24/h5-7,14H,2-4,8-13,15-16H2,1H3,(H,21,25). The fourth-order valence-electron chi connectivity index (χ4n) is 3.67. The van der Waals surface area contributed by atoms with E-state index in [0.29, 0.717) is 13.1 Å². The summed E-state index contributed by atoms with van der Waals surface area (Å²) in [6.07, 6.45) is 3.51. The van der Waals surface area contributed by atoms with Crippen LogP contribution < -0.4 is 5.32 Å². The highest BCUT2D eigenvalue weighted by Crippen LogP contribution is 2.11. The number of amides is 2. The highest BCUT2D eigenvalue weighted by Gasteiger charge is 2.23. The maximum absolute atomic E-state index is 12.4. The van der Waals surface area contributed by atoms with E-state index in [1.54, 1.807) is 0 Å². The van der Waals surface area contributed by atoms with Crippen LogP contribution in [0.25, 0.3) is 0 Å². The van der Waals surface area contributed by atoms with Crippen molar-refractivity contribution >= 4 is 17.5 Å². The lowest BCUT2D eigenvalue weighted by atomic mass is 10.1. The van der Waals surface area contributed by atoms with Crippen LogP contribution in [0.5, 0.6) is 0 Å². The first-order valence-electron chi connectivity index (χ1n) is 9.69. The van der Waals surface area contributed by atoms with Gasteiger partial charge in [-0.3, -0.25) is 19.4 Å². The summed E-state index contributed by atoms with van der Waals surface area (Å²) in [5, 5.41) is 2.96. The zero-order chi connectivity index (χ0) is 18.4. The lowest BCUT2D eigenvalue weighted by molar-refractivity contribution is -0.134. The van der Waals surface area contributed by atoms with Crippen LogP contribution in [0.4, 0.5) is 5.69 Å². The molecule has 2 heterocycles. The molecule has 2 amide bonds. The summed E-state index contributed by atoms with van der Waals surface area (Å²) < 4.78 is 0. The maximum Gasteiger partial charge on any atom is 0.238 e. The topological polar surface area (TPSA) is 55.9 Å². The molecule has 142 valence electrons. The van der Waals surface area contributed by atoms with E-state index >= 15 is 0 Å². The number of anilines is 1. The minimum absolute atomic E-state index is 0.0217. The van der Waals surface area contributed by atoms with Crippen LogP contribution in [0.3, 0.4) is 0 Å². The van der Waals surface area contributed by atoms with E-state index in [0.717, 1.165) is 63.4 Å². The van der Waals surface area contributed by atoms with Gasteiger partial charge in [0.15, 0.2) is 0 Å². The normalized spacial score (nSPS) is 19.3. The molecular weight excluding hydrogens is 328 g/mol. The Morgan fingerprint density at radius 3 is 2.23 bits per heavy atom. The van der Waals surface area contributed by atoms with E-state index in [1.807, 2.05) is 36.1 Å². The van der Waals surface area contributed by atoms with Crippen molar-refractivity contribution in [3.05, 3.63) is 29.8 Å². The van der Waals surface area contributed by atoms with Crippen LogP contribution in [0.2, 0.25) is 0 Å². The molecule has 0 atom stereocenters. The Kier molecular flexibility index (Phi) is 6.63. The predicted molar refractivity (Wildman–Crippen MR) is 103 cm³/mol. The van der Waals surface area contributed by atoms with E-state index in [4.69, 9.17) is 0 Å². The monoisotopic (exact) mass is 358 g/mol. The number of hydrogen-bond acceptors (Lipinski definition) is 4. The average Bonchev–Trinajstić information content (AvgIpc) is 2.64. The molecular formula is C20H30N4O2. The quantitative estimate of drug-likeness (QED) is 0.868. The number of nitrogens with zero attached hydrogens (tertiary/aromatic N) is 3. The molecule has 0 aliphatic carbocycles. The zero-order valence-electron chi connectivity index (χ0n) is 15.7. The Morgan fingerprint density at radius 1 is 0.923 bits per heavy atom. The molecule has 1 aromatic rings. The molecule has 0 bridgehead atoms. The molecule has 0 aromatic heterocycles. The maximum atomic E-state index is 12.4. The number of carbonyl (C=O) groups is 2. The van der Waals surface area contributed by atoms with Crippen molar-refractivity contribution in [1.29, 1.82) is 0 Å². The largest absolute Gasteiger partial charge is 0.342 e. The van der Waals surface area contributed by atoms with Crippen molar-refractivity contribution in [2.24, 2.45) is 0 Å². The number of nitrogens with one attached hydrogen (secondary N) is 1. The zero-order valence-corrected chi connectivity index (χ0v) is 15.7. The van der Waals surface area contributed by atoms with Crippen molar-refractivity contribution in [3.8, 4) is 0 Å². The number of likely N-dealkylation sites (tertiary alicyclic amines) is 1. The number of hydrogen-bond donors (Lipinski definition) is 1. The first kappa shape index (κ1) is 18.9. The molecule has 26 heavy (non-hydrogen) atoms. The summed E-state index contributed by atoms with van der Waals surface area (Å²) in [5.74, 6) is 0.281. The van der Waals surface area contributed by atoms with E-state index in [9.17, 15) is 9.59 Å². The van der Waals surface area contributed by atoms with Gasteiger partial charge in [-0.1, -0.05) is 12.1 Å². The van der Waals surface area contributed by atoms with E-state index in [2.05, 4.69) is 15.1 Å². The second-order valence-corrected chi connectivity index (χ2v) is 7.41. The van der Waals surface area contributed by atoms with E-state index in [1.165, 1.54) is 6.42 Å². The summed E-state index contributed by atoms with van der Waals surface area (Å²) in [6.45, 7) is 8.11. The van der Waals surface area contributed by atoms with Gasteiger partial charge in [0.2, 0.25) is 11.8 Å². The van der Waals surface area contributed by atoms with E-state index < -0.39 is 0 Å². The highest BCUT2D eigenvalue weighted by atomic mass is 16.2. The van der Waals surface area contributed by atoms with Gasteiger partial charge in [0, 0.05) is 45.0 Å². The number of aryl methyl sites for hydroxylation is 1. The van der Waals surface area contributed by atoms with Gasteiger partial charge in [0.05, 0.1) is 13.1 Å². The molecule has 3 rings (SSSR count). The van der Waals surface area contributed by atoms with Crippen LogP contribution in [-0.2, 0) is 9.59 Å². The minimum atomic E-state index is 0.0217. The predicted octanol–water partition coefficient (Wildman–Crippen LogP) is 1.56. The van der Waals surface area contributed by atoms with Gasteiger partial charge >= 0.3 is 0 Å². The van der Waals surface area contributed by atoms with Crippen molar-refractivity contribution < 1.29 is 9.59 Å². The lowest BCUT2D eigenvalue weighted by Crippen LogP contribution is -2.51. The Labute approximate surface area is 156 Å². The van der Waals surface area contributed by atoms with E-state index in [-0.39, 0.29) is 11.8 Å². The van der Waals surface area contributed by atoms with Crippen LogP contribution >= 0.6 is 0 Å². The second kappa shape index (κ2) is 9.14. The number of piperazine rings is 1. The molecule has 2 fully saturated rings. The molecule has 2 saturated heterocycles. The van der Waals surface area contributed by atoms with Crippen molar-refractivity contribution in [3.63, 3.8) is 0 Å². The molecule has 2 aliphatic rings. The molecule has 0 unspecified atom stereocenters. The van der Waals surface area contributed by atoms with Gasteiger partial charge in [-0.05, 0) is 43.9 Å². The summed E-state index contributed by atoms with van der Waals surface area (Å²) >= 11 is 0. The number of rotatable bonds is 5. The Hall–Kier alpha value is -1.92. The fourth-order valence-corrected chi connectivity index (χ4v) is 3.67. The molecule has 0 spiro atoms. The summed E-state index contributed by atoms with van der Waals surface area (Å²) in [4.78, 5) is 31.0. The third-order valence-electron chi connectivity index (χ3n) is 5.20. The van der Waals surface area contributed by atoms with Gasteiger partial charge < -0.3 is 10.2 Å². The summed E-state index contributed by atoms with van der Waals surface area (Å²) in [5.41, 5.74) is 1.98. The summed E-state index contributed by atoms with van der Waals surface area (Å²) in [7, 11) is 0. The van der Waals surface area contributed by atoms with Gasteiger partial charge in [0.1, 0.15) is 0 Å². The average molecular weight is 358 g/mol. The van der Waals surface area contributed by atoms with Crippen LogP contribution in [0.15, 0.2) is 24.3 Å². The van der Waals surface area contributed by atoms with Gasteiger partial charge in [-0.15, -0.1) is 0 Å². The molecule has 0 saturated carbocycles. The van der Waals surface area contributed by atoms with Gasteiger partial charge in [-0.25, -0.2) is 0 Å². The smallest absolute Gasteiger partial charge is 0.238 e. The van der Waals surface area contributed by atoms with Crippen molar-refractivity contribution in [2.45, 2.75) is 26.2 Å². The number of carbonyl (C=O) groups excluding carboxylic acids is 2. The first-order chi connectivity index (χ1) is 12.6. The molecule has 2 aliphatic heterocycles. The SMILES string of the molecule is Cc1cccc(NC(=O)CN2CCN(CC(=O)N3CCCCC3)CC2)c1. The van der Waals surface area contributed by atoms with Gasteiger partial charge in [0.25, 0.3) is 0 Å². The Morgan fingerprint density at radius 2 is 1.58 bits per heavy atom. The third kappa shape index (κ3) is 5.54. The number of benzene rings is 1. The first-order valence-corrected chi connectivity index (χ1v) is 9.69. The Bertz CT molecular complexity index is 620. The summed E-state index contributed by atoms with van der Waals surface area (Å²) in [6, 6.07) is 7.85. The molecule has 0 radical (unpaired) electrons. The molecule has 1 N–H and O–H groups in total. The highest BCUT2D eigenvalue weighted by molar-refractivity contribution is 5.92. The van der Waals surface area contributed by atoms with Crippen molar-refractivity contribution in [1.82, 2.24) is 14.7 Å². The molecule has 6 nitrogen and oxygen atoms in total. The number of piperidine rings is 1. The van der Waals surface area contributed by atoms with Gasteiger partial charge in [-0.2, -0.15) is 0 Å². The van der Waals surface area contributed by atoms with Crippen molar-refractivity contribution in [2.75, 3.05) is 57.7 Å². The fraction of sp³-hybridized carbons (Fsp3) is 0.600. The molecule has 6 heteroatoms. The third-order valence-corrected chi connectivity index (χ3v) is 5.20. The molecule has 1 aromatic carbocycles. The van der Waals surface area contributed by atoms with Crippen LogP contribution in [0.1, 0.15) is 24.8 Å². The second-order valence-electron chi connectivity index (χ2n) is 7.41. The van der Waals surface area contributed by atoms with Crippen LogP contribution in [-0.4, -0.2) is 78.9 Å². The lowest BCUT2D eigenvalue weighted by Gasteiger charge is -2.35.